The third-order valence-electron chi connectivity index (χ3n) is 3.30. The Bertz CT molecular complexity index is 941. The zero-order valence-electron chi connectivity index (χ0n) is 10.4. The number of thiol groups is 1. The van der Waals surface area contributed by atoms with E-state index in [1.54, 1.807) is 0 Å². The van der Waals surface area contributed by atoms with Gasteiger partial charge >= 0.3 is 0 Å². The summed E-state index contributed by atoms with van der Waals surface area (Å²) in [4.78, 5) is 0.847. The van der Waals surface area contributed by atoms with Crippen LogP contribution < -0.4 is 0 Å². The van der Waals surface area contributed by atoms with Crippen LogP contribution in [0.5, 0.6) is 0 Å². The van der Waals surface area contributed by atoms with Gasteiger partial charge in [0.15, 0.2) is 0 Å². The lowest BCUT2D eigenvalue weighted by Gasteiger charge is -2.09. The number of nitrogens with zero attached hydrogens (tertiary/aromatic N) is 4. The molecule has 0 fully saturated rings. The summed E-state index contributed by atoms with van der Waals surface area (Å²) < 4.78 is 13.8. The van der Waals surface area contributed by atoms with Crippen LogP contribution in [0.1, 0.15) is 5.56 Å². The van der Waals surface area contributed by atoms with Crippen molar-refractivity contribution in [2.75, 3.05) is 0 Å². The minimum Gasteiger partial charge on any atom is -0.173 e. The third kappa shape index (κ3) is 1.67. The largest absolute Gasteiger partial charge is 0.173 e. The van der Waals surface area contributed by atoms with Crippen molar-refractivity contribution in [1.29, 1.82) is 0 Å². The number of rotatable bonds is 1. The molecule has 7 heteroatoms. The van der Waals surface area contributed by atoms with Gasteiger partial charge in [-0.15, -0.1) is 17.7 Å². The Morgan fingerprint density at radius 1 is 1.05 bits per heavy atom. The number of fused-ring (bicyclic) bond motifs is 2. The third-order valence-corrected chi connectivity index (χ3v) is 4.98. The van der Waals surface area contributed by atoms with Gasteiger partial charge < -0.3 is 0 Å². The van der Waals surface area contributed by atoms with Crippen LogP contribution in [-0.4, -0.2) is 18.3 Å². The molecule has 0 spiro atoms. The zero-order valence-corrected chi connectivity index (χ0v) is 12.9. The molecule has 4 aromatic rings. The molecular weight excluding hydrogens is 308 g/mol. The van der Waals surface area contributed by atoms with Crippen molar-refractivity contribution in [1.82, 2.24) is 18.3 Å². The second kappa shape index (κ2) is 4.47. The summed E-state index contributed by atoms with van der Waals surface area (Å²) in [6, 6.07) is 8.16. The summed E-state index contributed by atoms with van der Waals surface area (Å²) in [5, 5.41) is 4.16. The predicted molar refractivity (Wildman–Crippen MR) is 85.8 cm³/mol. The van der Waals surface area contributed by atoms with E-state index in [0.717, 1.165) is 42.8 Å². The molecule has 0 N–H and O–H groups in total. The molecule has 0 aliphatic rings. The average molecular weight is 316 g/mol. The number of hydrogen-bond acceptors (Lipinski definition) is 7. The smallest absolute Gasteiger partial charge is 0.119 e. The lowest BCUT2D eigenvalue weighted by Crippen LogP contribution is -1.88. The first kappa shape index (κ1) is 12.2. The van der Waals surface area contributed by atoms with Crippen LogP contribution in [0.25, 0.3) is 32.4 Å². The lowest BCUT2D eigenvalue weighted by atomic mass is 9.98. The van der Waals surface area contributed by atoms with E-state index >= 15 is 0 Å². The van der Waals surface area contributed by atoms with Crippen LogP contribution in [-0.2, 0) is 0 Å². The first-order chi connectivity index (χ1) is 9.75. The summed E-state index contributed by atoms with van der Waals surface area (Å²) in [6.07, 6.45) is 0. The van der Waals surface area contributed by atoms with Gasteiger partial charge in [-0.1, -0.05) is 16.6 Å². The van der Waals surface area contributed by atoms with E-state index < -0.39 is 0 Å². The van der Waals surface area contributed by atoms with E-state index in [2.05, 4.69) is 50.0 Å². The highest BCUT2D eigenvalue weighted by molar-refractivity contribution is 7.80. The number of hydrogen-bond donors (Lipinski definition) is 1. The van der Waals surface area contributed by atoms with Crippen molar-refractivity contribution >= 4 is 57.1 Å². The summed E-state index contributed by atoms with van der Waals surface area (Å²) in [7, 11) is 0. The quantitative estimate of drug-likeness (QED) is 0.540. The molecule has 0 atom stereocenters. The first-order valence-electron chi connectivity index (χ1n) is 5.92. The fraction of sp³-hybridized carbons (Fsp3) is 0.0769. The van der Waals surface area contributed by atoms with Crippen LogP contribution in [0.2, 0.25) is 0 Å². The average Bonchev–Trinajstić information content (AvgIpc) is 3.08. The van der Waals surface area contributed by atoms with E-state index in [0.29, 0.717) is 0 Å². The number of aromatic nitrogens is 4. The molecule has 2 aromatic carbocycles. The van der Waals surface area contributed by atoms with Gasteiger partial charge in [0, 0.05) is 10.5 Å². The molecule has 20 heavy (non-hydrogen) atoms. The SMILES string of the molecule is Cc1ccc2nsnc2c1-c1ccc2snnc2c1S. The second-order valence-electron chi connectivity index (χ2n) is 4.47. The summed E-state index contributed by atoms with van der Waals surface area (Å²) in [5.41, 5.74) is 5.95. The highest BCUT2D eigenvalue weighted by atomic mass is 32.1. The Balaban J connectivity index is 2.13. The van der Waals surface area contributed by atoms with Crippen LogP contribution in [0, 0.1) is 6.92 Å². The predicted octanol–water partition coefficient (Wildman–Crippen LogP) is 3.96. The molecule has 98 valence electrons. The fourth-order valence-electron chi connectivity index (χ4n) is 2.33. The molecular formula is C13H8N4S3. The molecule has 0 saturated carbocycles. The minimum absolute atomic E-state index is 0.843. The van der Waals surface area contributed by atoms with Gasteiger partial charge in [0.2, 0.25) is 0 Å². The van der Waals surface area contributed by atoms with Crippen molar-refractivity contribution in [3.63, 3.8) is 0 Å². The van der Waals surface area contributed by atoms with Gasteiger partial charge in [0.1, 0.15) is 16.6 Å². The topological polar surface area (TPSA) is 51.6 Å². The van der Waals surface area contributed by atoms with Crippen molar-refractivity contribution in [3.05, 3.63) is 29.8 Å². The second-order valence-corrected chi connectivity index (χ2v) is 6.23. The maximum absolute atomic E-state index is 4.65. The molecule has 4 rings (SSSR count). The van der Waals surface area contributed by atoms with Crippen LogP contribution in [0.4, 0.5) is 0 Å². The van der Waals surface area contributed by atoms with Gasteiger partial charge in [0.25, 0.3) is 0 Å². The maximum atomic E-state index is 4.65. The van der Waals surface area contributed by atoms with Gasteiger partial charge in [-0.05, 0) is 41.7 Å². The van der Waals surface area contributed by atoms with E-state index in [-0.39, 0.29) is 0 Å². The summed E-state index contributed by atoms with van der Waals surface area (Å²) in [5.74, 6) is 0. The van der Waals surface area contributed by atoms with Crippen molar-refractivity contribution in [2.45, 2.75) is 11.8 Å². The Hall–Kier alpha value is -1.57. The normalized spacial score (nSPS) is 11.5. The Labute approximate surface area is 128 Å². The standard InChI is InChI=1S/C13H8N4S3/c1-6-2-4-8-11(16-20-15-8)10(6)7-3-5-9-12(13(7)18)14-17-19-9/h2-5,18H,1H3. The van der Waals surface area contributed by atoms with E-state index in [4.69, 9.17) is 0 Å². The highest BCUT2D eigenvalue weighted by Gasteiger charge is 2.16. The molecule has 0 unspecified atom stereocenters. The molecule has 4 nitrogen and oxygen atoms in total. The molecule has 0 radical (unpaired) electrons. The Kier molecular flexibility index (Phi) is 2.73. The Morgan fingerprint density at radius 2 is 1.95 bits per heavy atom. The molecule has 0 bridgehead atoms. The summed E-state index contributed by atoms with van der Waals surface area (Å²) in [6.45, 7) is 2.07. The van der Waals surface area contributed by atoms with E-state index in [1.165, 1.54) is 23.3 Å². The molecule has 2 aromatic heterocycles. The van der Waals surface area contributed by atoms with Gasteiger partial charge in [0.05, 0.1) is 16.4 Å². The molecule has 0 aliphatic carbocycles. The lowest BCUT2D eigenvalue weighted by molar-refractivity contribution is 1.18. The maximum Gasteiger partial charge on any atom is 0.119 e. The highest BCUT2D eigenvalue weighted by Crippen LogP contribution is 2.38. The van der Waals surface area contributed by atoms with Gasteiger partial charge in [-0.25, -0.2) is 0 Å². The Morgan fingerprint density at radius 3 is 2.85 bits per heavy atom. The van der Waals surface area contributed by atoms with Gasteiger partial charge in [-0.3, -0.25) is 0 Å². The van der Waals surface area contributed by atoms with Crippen LogP contribution >= 0.6 is 35.9 Å². The van der Waals surface area contributed by atoms with Gasteiger partial charge in [-0.2, -0.15) is 8.75 Å². The van der Waals surface area contributed by atoms with E-state index in [1.807, 2.05) is 12.1 Å². The van der Waals surface area contributed by atoms with Crippen molar-refractivity contribution in [3.8, 4) is 11.1 Å². The number of aryl methyl sites for hydroxylation is 1. The first-order valence-corrected chi connectivity index (χ1v) is 7.87. The number of benzene rings is 2. The van der Waals surface area contributed by atoms with Crippen molar-refractivity contribution in [2.24, 2.45) is 0 Å². The fourth-order valence-corrected chi connectivity index (χ4v) is 3.87. The van der Waals surface area contributed by atoms with E-state index in [9.17, 15) is 0 Å². The summed E-state index contributed by atoms with van der Waals surface area (Å²) >= 11 is 7.26. The zero-order chi connectivity index (χ0) is 13.7. The van der Waals surface area contributed by atoms with Crippen molar-refractivity contribution < 1.29 is 0 Å². The molecule has 0 amide bonds. The van der Waals surface area contributed by atoms with Crippen LogP contribution in [0.15, 0.2) is 29.2 Å². The minimum atomic E-state index is 0.843. The monoisotopic (exact) mass is 316 g/mol. The molecule has 0 saturated heterocycles. The molecule has 2 heterocycles. The molecule has 0 aliphatic heterocycles. The van der Waals surface area contributed by atoms with Crippen LogP contribution in [0.3, 0.4) is 0 Å².